The molecule has 0 spiro atoms. The molecule has 0 radical (unpaired) electrons. The predicted molar refractivity (Wildman–Crippen MR) is 77.1 cm³/mol. The molecule has 0 aliphatic rings. The summed E-state index contributed by atoms with van der Waals surface area (Å²) in [6.07, 6.45) is 3.31. The number of aromatic nitrogens is 2. The largest absolute Gasteiger partial charge is 0.497 e. The molecule has 0 unspecified atom stereocenters. The average molecular weight is 294 g/mol. The third kappa shape index (κ3) is 4.59. The summed E-state index contributed by atoms with van der Waals surface area (Å²) in [5.74, 6) is -0.365. The first kappa shape index (κ1) is 16.7. The fraction of sp³-hybridized carbons (Fsp3) is 0.333. The Morgan fingerprint density at radius 3 is 2.62 bits per heavy atom. The van der Waals surface area contributed by atoms with Gasteiger partial charge in [0, 0.05) is 23.9 Å². The SMILES string of the molecule is CC.COC(=O)Cc1cnn(-c2cc(F)cc(OC)c2)c1. The maximum absolute atomic E-state index is 13.4. The molecule has 0 bridgehead atoms. The minimum absolute atomic E-state index is 0.128. The van der Waals surface area contributed by atoms with Gasteiger partial charge in [-0.15, -0.1) is 0 Å². The Labute approximate surface area is 123 Å². The number of methoxy groups -OCH3 is 2. The zero-order valence-corrected chi connectivity index (χ0v) is 12.6. The summed E-state index contributed by atoms with van der Waals surface area (Å²) in [5.41, 5.74) is 1.21. The van der Waals surface area contributed by atoms with Crippen LogP contribution in [-0.4, -0.2) is 30.0 Å². The van der Waals surface area contributed by atoms with Gasteiger partial charge >= 0.3 is 5.97 Å². The van der Waals surface area contributed by atoms with Gasteiger partial charge in [0.05, 0.1) is 32.5 Å². The van der Waals surface area contributed by atoms with Gasteiger partial charge in [0.25, 0.3) is 0 Å². The molecule has 2 rings (SSSR count). The molecule has 21 heavy (non-hydrogen) atoms. The maximum atomic E-state index is 13.4. The summed E-state index contributed by atoms with van der Waals surface area (Å²) in [6.45, 7) is 4.00. The van der Waals surface area contributed by atoms with Crippen LogP contribution in [0.4, 0.5) is 4.39 Å². The molecule has 1 heterocycles. The van der Waals surface area contributed by atoms with E-state index in [1.54, 1.807) is 12.3 Å². The smallest absolute Gasteiger partial charge is 0.310 e. The number of esters is 1. The highest BCUT2D eigenvalue weighted by Gasteiger charge is 2.08. The minimum Gasteiger partial charge on any atom is -0.497 e. The summed E-state index contributed by atoms with van der Waals surface area (Å²) < 4.78 is 24.4. The molecule has 2 aromatic rings. The Hall–Kier alpha value is -2.37. The predicted octanol–water partition coefficient (Wildman–Crippen LogP) is 2.76. The van der Waals surface area contributed by atoms with Gasteiger partial charge in [-0.05, 0) is 6.07 Å². The first-order chi connectivity index (χ1) is 10.1. The number of rotatable bonds is 4. The second-order valence-corrected chi connectivity index (χ2v) is 3.90. The Bertz CT molecular complexity index is 596. The summed E-state index contributed by atoms with van der Waals surface area (Å²) >= 11 is 0. The van der Waals surface area contributed by atoms with E-state index in [-0.39, 0.29) is 12.4 Å². The van der Waals surface area contributed by atoms with Crippen LogP contribution < -0.4 is 4.74 Å². The molecule has 0 saturated heterocycles. The van der Waals surface area contributed by atoms with Crippen LogP contribution in [-0.2, 0) is 16.0 Å². The lowest BCUT2D eigenvalue weighted by Crippen LogP contribution is -2.03. The summed E-state index contributed by atoms with van der Waals surface area (Å²) in [5, 5.41) is 4.08. The van der Waals surface area contributed by atoms with Crippen molar-refractivity contribution in [3.8, 4) is 11.4 Å². The normalized spacial score (nSPS) is 9.57. The zero-order chi connectivity index (χ0) is 15.8. The van der Waals surface area contributed by atoms with E-state index < -0.39 is 5.82 Å². The molecular weight excluding hydrogens is 275 g/mol. The topological polar surface area (TPSA) is 53.3 Å². The van der Waals surface area contributed by atoms with E-state index in [1.807, 2.05) is 13.8 Å². The van der Waals surface area contributed by atoms with Crippen molar-refractivity contribution < 1.29 is 18.7 Å². The molecule has 114 valence electrons. The molecule has 1 aromatic heterocycles. The lowest BCUT2D eigenvalue weighted by Gasteiger charge is -2.05. The van der Waals surface area contributed by atoms with E-state index in [2.05, 4.69) is 9.84 Å². The van der Waals surface area contributed by atoms with E-state index >= 15 is 0 Å². The molecule has 1 aromatic carbocycles. The van der Waals surface area contributed by atoms with Gasteiger partial charge in [0.1, 0.15) is 11.6 Å². The van der Waals surface area contributed by atoms with Gasteiger partial charge in [0.2, 0.25) is 0 Å². The van der Waals surface area contributed by atoms with Gasteiger partial charge in [-0.1, -0.05) is 13.8 Å². The quantitative estimate of drug-likeness (QED) is 0.814. The van der Waals surface area contributed by atoms with E-state index in [4.69, 9.17) is 4.74 Å². The monoisotopic (exact) mass is 294 g/mol. The van der Waals surface area contributed by atoms with Crippen molar-refractivity contribution in [3.63, 3.8) is 0 Å². The van der Waals surface area contributed by atoms with E-state index in [0.717, 1.165) is 0 Å². The number of hydrogen-bond donors (Lipinski definition) is 0. The molecule has 6 heteroatoms. The second kappa shape index (κ2) is 8.04. The van der Waals surface area contributed by atoms with Crippen LogP contribution >= 0.6 is 0 Å². The first-order valence-corrected chi connectivity index (χ1v) is 6.57. The van der Waals surface area contributed by atoms with Crippen molar-refractivity contribution in [1.29, 1.82) is 0 Å². The Balaban J connectivity index is 0.00000106. The van der Waals surface area contributed by atoms with Gasteiger partial charge in [-0.2, -0.15) is 5.10 Å². The van der Waals surface area contributed by atoms with Crippen molar-refractivity contribution in [3.05, 3.63) is 42.0 Å². The number of hydrogen-bond acceptors (Lipinski definition) is 4. The number of carbonyl (C=O) groups is 1. The molecule has 0 aliphatic heterocycles. The minimum atomic E-state index is -0.417. The van der Waals surface area contributed by atoms with E-state index in [0.29, 0.717) is 17.0 Å². The van der Waals surface area contributed by atoms with Crippen molar-refractivity contribution in [2.24, 2.45) is 0 Å². The standard InChI is InChI=1S/C13H13FN2O3.C2H6/c1-18-12-5-10(14)4-11(6-12)16-8-9(7-15-16)3-13(17)19-2;1-2/h4-8H,3H2,1-2H3;1-2H3. The highest BCUT2D eigenvalue weighted by atomic mass is 19.1. The molecule has 0 fully saturated rings. The Kier molecular flexibility index (Phi) is 6.39. The molecule has 5 nitrogen and oxygen atoms in total. The van der Waals surface area contributed by atoms with Crippen LogP contribution in [0.1, 0.15) is 19.4 Å². The summed E-state index contributed by atoms with van der Waals surface area (Å²) in [7, 11) is 2.79. The first-order valence-electron chi connectivity index (χ1n) is 6.57. The van der Waals surface area contributed by atoms with E-state index in [9.17, 15) is 9.18 Å². The van der Waals surface area contributed by atoms with Gasteiger partial charge < -0.3 is 9.47 Å². The number of ether oxygens (including phenoxy) is 2. The third-order valence-corrected chi connectivity index (χ3v) is 2.57. The molecular formula is C15H19FN2O3. The van der Waals surface area contributed by atoms with Gasteiger partial charge in [-0.3, -0.25) is 4.79 Å². The van der Waals surface area contributed by atoms with Crippen molar-refractivity contribution >= 4 is 5.97 Å². The highest BCUT2D eigenvalue weighted by Crippen LogP contribution is 2.19. The summed E-state index contributed by atoms with van der Waals surface area (Å²) in [6, 6.07) is 4.26. The van der Waals surface area contributed by atoms with Crippen LogP contribution in [0.15, 0.2) is 30.6 Å². The lowest BCUT2D eigenvalue weighted by atomic mass is 10.2. The van der Waals surface area contributed by atoms with Crippen LogP contribution in [0.5, 0.6) is 5.75 Å². The van der Waals surface area contributed by atoms with Crippen LogP contribution in [0.3, 0.4) is 0 Å². The van der Waals surface area contributed by atoms with Crippen molar-refractivity contribution in [1.82, 2.24) is 9.78 Å². The number of nitrogens with zero attached hydrogens (tertiary/aromatic N) is 2. The number of benzene rings is 1. The number of carbonyl (C=O) groups excluding carboxylic acids is 1. The second-order valence-electron chi connectivity index (χ2n) is 3.90. The molecule has 0 atom stereocenters. The molecule has 0 amide bonds. The highest BCUT2D eigenvalue weighted by molar-refractivity contribution is 5.72. The maximum Gasteiger partial charge on any atom is 0.310 e. The Morgan fingerprint density at radius 2 is 2.00 bits per heavy atom. The molecule has 0 saturated carbocycles. The van der Waals surface area contributed by atoms with Crippen LogP contribution in [0.2, 0.25) is 0 Å². The third-order valence-electron chi connectivity index (χ3n) is 2.57. The molecule has 0 N–H and O–H groups in total. The fourth-order valence-electron chi connectivity index (χ4n) is 1.63. The lowest BCUT2D eigenvalue weighted by molar-refractivity contribution is -0.139. The number of halogens is 1. The van der Waals surface area contributed by atoms with Gasteiger partial charge in [-0.25, -0.2) is 9.07 Å². The van der Waals surface area contributed by atoms with Crippen molar-refractivity contribution in [2.45, 2.75) is 20.3 Å². The fourth-order valence-corrected chi connectivity index (χ4v) is 1.63. The Morgan fingerprint density at radius 1 is 1.29 bits per heavy atom. The van der Waals surface area contributed by atoms with Crippen LogP contribution in [0.25, 0.3) is 5.69 Å². The van der Waals surface area contributed by atoms with Crippen LogP contribution in [0, 0.1) is 5.82 Å². The van der Waals surface area contributed by atoms with E-state index in [1.165, 1.54) is 37.2 Å². The zero-order valence-electron chi connectivity index (χ0n) is 12.6. The molecule has 0 aliphatic carbocycles. The van der Waals surface area contributed by atoms with Crippen molar-refractivity contribution in [2.75, 3.05) is 14.2 Å². The summed E-state index contributed by atoms with van der Waals surface area (Å²) in [4.78, 5) is 11.1. The average Bonchev–Trinajstić information content (AvgIpc) is 2.97. The van der Waals surface area contributed by atoms with Gasteiger partial charge in [0.15, 0.2) is 0 Å².